The molecule has 2 N–H and O–H groups in total. The molecule has 0 bridgehead atoms. The van der Waals surface area contributed by atoms with Crippen LogP contribution in [0, 0.1) is 0 Å². The van der Waals surface area contributed by atoms with Crippen molar-refractivity contribution in [3.8, 4) is 22.4 Å². The lowest BCUT2D eigenvalue weighted by Crippen LogP contribution is -2.19. The van der Waals surface area contributed by atoms with Crippen molar-refractivity contribution < 1.29 is 0 Å². The van der Waals surface area contributed by atoms with Gasteiger partial charge in [0.05, 0.1) is 17.9 Å². The van der Waals surface area contributed by atoms with Gasteiger partial charge in [-0.2, -0.15) is 0 Å². The van der Waals surface area contributed by atoms with E-state index in [-0.39, 0.29) is 6.04 Å². The highest BCUT2D eigenvalue weighted by Gasteiger charge is 2.31. The molecule has 0 radical (unpaired) electrons. The highest BCUT2D eigenvalue weighted by Crippen LogP contribution is 2.48. The third kappa shape index (κ3) is 3.15. The van der Waals surface area contributed by atoms with E-state index < -0.39 is 0 Å². The van der Waals surface area contributed by atoms with Crippen LogP contribution in [0.2, 0.25) is 0 Å². The second-order valence-electron chi connectivity index (χ2n) is 7.58. The molecule has 0 saturated carbocycles. The van der Waals surface area contributed by atoms with Gasteiger partial charge >= 0.3 is 0 Å². The first-order valence-electron chi connectivity index (χ1n) is 10.5. The Morgan fingerprint density at radius 3 is 2.53 bits per heavy atom. The Hall–Kier alpha value is -4.25. The van der Waals surface area contributed by atoms with Crippen molar-refractivity contribution in [2.45, 2.75) is 6.04 Å². The average Bonchev–Trinajstić information content (AvgIpc) is 3.17. The number of fused-ring (bicyclic) bond motifs is 3. The smallest absolute Gasteiger partial charge is 0.133 e. The topological polar surface area (TPSA) is 62.7 Å². The van der Waals surface area contributed by atoms with Crippen molar-refractivity contribution in [1.29, 1.82) is 0 Å². The largest absolute Gasteiger partial charge is 0.374 e. The van der Waals surface area contributed by atoms with Gasteiger partial charge < -0.3 is 10.6 Å². The van der Waals surface area contributed by atoms with E-state index in [1.165, 1.54) is 22.3 Å². The number of nitrogens with zero attached hydrogens (tertiary/aromatic N) is 3. The Morgan fingerprint density at radius 1 is 0.938 bits per heavy atom. The molecule has 0 amide bonds. The van der Waals surface area contributed by atoms with Crippen molar-refractivity contribution in [3.63, 3.8) is 0 Å². The molecule has 1 atom stereocenters. The zero-order chi connectivity index (χ0) is 22.1. The summed E-state index contributed by atoms with van der Waals surface area (Å²) in [4.78, 5) is 13.2. The van der Waals surface area contributed by atoms with Crippen LogP contribution in [-0.2, 0) is 0 Å². The van der Waals surface area contributed by atoms with E-state index >= 15 is 0 Å². The van der Waals surface area contributed by atoms with Gasteiger partial charge in [0.15, 0.2) is 0 Å². The van der Waals surface area contributed by atoms with Crippen molar-refractivity contribution in [3.05, 3.63) is 109 Å². The molecular weight excluding hydrogens is 394 g/mol. The van der Waals surface area contributed by atoms with Gasteiger partial charge in [-0.15, -0.1) is 0 Å². The van der Waals surface area contributed by atoms with E-state index in [0.717, 1.165) is 33.9 Å². The van der Waals surface area contributed by atoms with Gasteiger partial charge in [-0.25, -0.2) is 4.98 Å². The van der Waals surface area contributed by atoms with E-state index in [4.69, 9.17) is 0 Å². The highest BCUT2D eigenvalue weighted by molar-refractivity contribution is 5.91. The zero-order valence-corrected chi connectivity index (χ0v) is 17.8. The number of anilines is 1. The van der Waals surface area contributed by atoms with Crippen LogP contribution in [0.25, 0.3) is 34.2 Å². The predicted octanol–water partition coefficient (Wildman–Crippen LogP) is 5.55. The number of aromatic nitrogens is 3. The lowest BCUT2D eigenvalue weighted by atomic mass is 9.97. The maximum absolute atomic E-state index is 4.55. The normalized spacial score (nSPS) is 13.7. The van der Waals surface area contributed by atoms with Crippen LogP contribution in [0.4, 0.5) is 5.82 Å². The van der Waals surface area contributed by atoms with Crippen LogP contribution in [0.1, 0.15) is 28.3 Å². The molecule has 1 unspecified atom stereocenters. The molecule has 4 aromatic rings. The van der Waals surface area contributed by atoms with Gasteiger partial charge in [-0.3, -0.25) is 9.97 Å². The molecule has 0 fully saturated rings. The van der Waals surface area contributed by atoms with Crippen molar-refractivity contribution in [2.24, 2.45) is 0 Å². The quantitative estimate of drug-likeness (QED) is 0.430. The van der Waals surface area contributed by atoms with Crippen LogP contribution < -0.4 is 10.6 Å². The number of hydrogen-bond donors (Lipinski definition) is 2. The summed E-state index contributed by atoms with van der Waals surface area (Å²) in [6, 6.07) is 16.8. The predicted molar refractivity (Wildman–Crippen MR) is 131 cm³/mol. The lowest BCUT2D eigenvalue weighted by molar-refractivity contribution is 0.764. The Balaban J connectivity index is 1.61. The Morgan fingerprint density at radius 2 is 1.75 bits per heavy atom. The number of hydrogen-bond acceptors (Lipinski definition) is 5. The summed E-state index contributed by atoms with van der Waals surface area (Å²) in [6.07, 6.45) is 8.82. The summed E-state index contributed by atoms with van der Waals surface area (Å²) in [5, 5.41) is 6.81. The molecular formula is C27H23N5. The number of nitrogens with one attached hydrogen (secondary N) is 2. The minimum absolute atomic E-state index is 0.0332. The Kier molecular flexibility index (Phi) is 5.00. The number of rotatable bonds is 6. The van der Waals surface area contributed by atoms with Crippen LogP contribution >= 0.6 is 0 Å². The summed E-state index contributed by atoms with van der Waals surface area (Å²) in [6.45, 7) is 8.33. The summed E-state index contributed by atoms with van der Waals surface area (Å²) < 4.78 is 0. The van der Waals surface area contributed by atoms with Gasteiger partial charge in [0.25, 0.3) is 0 Å². The molecule has 0 aliphatic heterocycles. The molecule has 0 saturated heterocycles. The van der Waals surface area contributed by atoms with E-state index in [0.29, 0.717) is 0 Å². The summed E-state index contributed by atoms with van der Waals surface area (Å²) >= 11 is 0. The monoisotopic (exact) mass is 417 g/mol. The molecule has 5 rings (SSSR count). The van der Waals surface area contributed by atoms with E-state index in [9.17, 15) is 0 Å². The first kappa shape index (κ1) is 19.7. The maximum atomic E-state index is 4.55. The third-order valence-electron chi connectivity index (χ3n) is 5.86. The molecule has 1 aliphatic carbocycles. The Bertz CT molecular complexity index is 1330. The minimum atomic E-state index is -0.0332. The van der Waals surface area contributed by atoms with Gasteiger partial charge in [-0.05, 0) is 28.3 Å². The molecule has 156 valence electrons. The van der Waals surface area contributed by atoms with Crippen LogP contribution in [0.5, 0.6) is 0 Å². The SMILES string of the molecule is C=Cc1c(C(=C)NC2c3ccccc3-c3c(-c4cnccn4)cccc32)ccnc1NC. The number of benzene rings is 2. The molecule has 2 aromatic heterocycles. The first-order valence-corrected chi connectivity index (χ1v) is 10.5. The second kappa shape index (κ2) is 8.12. The fourth-order valence-electron chi connectivity index (χ4n) is 4.46. The molecule has 1 aliphatic rings. The van der Waals surface area contributed by atoms with Crippen LogP contribution in [0.15, 0.2) is 86.5 Å². The zero-order valence-electron chi connectivity index (χ0n) is 17.8. The molecule has 0 spiro atoms. The lowest BCUT2D eigenvalue weighted by Gasteiger charge is -2.21. The van der Waals surface area contributed by atoms with E-state index in [1.54, 1.807) is 18.6 Å². The van der Waals surface area contributed by atoms with Gasteiger partial charge in [0.1, 0.15) is 5.82 Å². The van der Waals surface area contributed by atoms with Crippen molar-refractivity contribution in [1.82, 2.24) is 20.3 Å². The van der Waals surface area contributed by atoms with Gasteiger partial charge in [0.2, 0.25) is 0 Å². The molecule has 5 nitrogen and oxygen atoms in total. The van der Waals surface area contributed by atoms with E-state index in [1.807, 2.05) is 25.4 Å². The molecule has 5 heteroatoms. The maximum Gasteiger partial charge on any atom is 0.133 e. The fourth-order valence-corrected chi connectivity index (χ4v) is 4.46. The van der Waals surface area contributed by atoms with Gasteiger partial charge in [0, 0.05) is 48.0 Å². The molecule has 2 heterocycles. The number of pyridine rings is 1. The first-order chi connectivity index (χ1) is 15.7. The minimum Gasteiger partial charge on any atom is -0.374 e. The summed E-state index contributed by atoms with van der Waals surface area (Å²) in [5.74, 6) is 0.776. The van der Waals surface area contributed by atoms with Crippen LogP contribution in [-0.4, -0.2) is 22.0 Å². The molecule has 32 heavy (non-hydrogen) atoms. The molecule has 2 aromatic carbocycles. The third-order valence-corrected chi connectivity index (χ3v) is 5.86. The van der Waals surface area contributed by atoms with Crippen molar-refractivity contribution >= 4 is 17.6 Å². The Labute approximate surface area is 187 Å². The van der Waals surface area contributed by atoms with Crippen molar-refractivity contribution in [2.75, 3.05) is 12.4 Å². The fraction of sp³-hybridized carbons (Fsp3) is 0.0741. The standard InChI is InChI=1S/C27H23N5/c1-4-18-19(12-13-31-27(18)28-3)17(2)32-26-21-9-6-5-8-20(21)25-22(10-7-11-23(25)26)24-16-29-14-15-30-24/h4-16,26,32H,1-2H2,3H3,(H,28,31). The van der Waals surface area contributed by atoms with Gasteiger partial charge in [-0.1, -0.05) is 61.7 Å². The summed E-state index contributed by atoms with van der Waals surface area (Å²) in [5.41, 5.74) is 9.43. The second-order valence-corrected chi connectivity index (χ2v) is 7.58. The average molecular weight is 418 g/mol. The van der Waals surface area contributed by atoms with E-state index in [2.05, 4.69) is 81.2 Å². The summed E-state index contributed by atoms with van der Waals surface area (Å²) in [7, 11) is 1.85. The highest BCUT2D eigenvalue weighted by atomic mass is 15.0. The van der Waals surface area contributed by atoms with Crippen LogP contribution in [0.3, 0.4) is 0 Å².